The number of aryl methyl sites for hydroxylation is 1. The van der Waals surface area contributed by atoms with Crippen LogP contribution in [0.25, 0.3) is 0 Å². The molecule has 122 valence electrons. The molecule has 5 nitrogen and oxygen atoms in total. The van der Waals surface area contributed by atoms with E-state index in [2.05, 4.69) is 41.4 Å². The molecule has 0 unspecified atom stereocenters. The van der Waals surface area contributed by atoms with Gasteiger partial charge in [0.05, 0.1) is 0 Å². The van der Waals surface area contributed by atoms with Gasteiger partial charge in [0.25, 0.3) is 5.91 Å². The summed E-state index contributed by atoms with van der Waals surface area (Å²) in [6.45, 7) is 9.11. The van der Waals surface area contributed by atoms with Crippen LogP contribution >= 0.6 is 0 Å². The summed E-state index contributed by atoms with van der Waals surface area (Å²) in [7, 11) is 0. The van der Waals surface area contributed by atoms with Crippen molar-refractivity contribution in [2.45, 2.75) is 40.0 Å². The number of hydrogen-bond acceptors (Lipinski definition) is 4. The van der Waals surface area contributed by atoms with Gasteiger partial charge in [0, 0.05) is 18.3 Å². The third kappa shape index (κ3) is 4.28. The molecule has 0 saturated carbocycles. The molecule has 5 heteroatoms. The Balaban J connectivity index is 2.23. The van der Waals surface area contributed by atoms with E-state index in [-0.39, 0.29) is 5.91 Å². The molecule has 2 aromatic rings. The highest BCUT2D eigenvalue weighted by molar-refractivity contribution is 6.04. The minimum atomic E-state index is -0.219. The molecule has 0 fully saturated rings. The second-order valence-corrected chi connectivity index (χ2v) is 5.86. The van der Waals surface area contributed by atoms with Gasteiger partial charge in [0.15, 0.2) is 0 Å². The molecule has 2 N–H and O–H groups in total. The summed E-state index contributed by atoms with van der Waals surface area (Å²) in [5.41, 5.74) is 3.39. The van der Waals surface area contributed by atoms with Crippen LogP contribution in [0.5, 0.6) is 0 Å². The Hall–Kier alpha value is -2.43. The van der Waals surface area contributed by atoms with Crippen LogP contribution in [0, 0.1) is 6.92 Å². The summed E-state index contributed by atoms with van der Waals surface area (Å²) in [5.74, 6) is 0.779. The van der Waals surface area contributed by atoms with Crippen LogP contribution in [0.4, 0.5) is 11.5 Å². The molecule has 1 aromatic carbocycles. The number of amides is 1. The van der Waals surface area contributed by atoms with Crippen molar-refractivity contribution in [3.8, 4) is 0 Å². The van der Waals surface area contributed by atoms with E-state index in [0.29, 0.717) is 17.4 Å². The van der Waals surface area contributed by atoms with Crippen molar-refractivity contribution < 1.29 is 4.79 Å². The highest BCUT2D eigenvalue weighted by Gasteiger charge is 2.14. The second kappa shape index (κ2) is 7.72. The van der Waals surface area contributed by atoms with E-state index in [0.717, 1.165) is 29.8 Å². The first kappa shape index (κ1) is 16.9. The summed E-state index contributed by atoms with van der Waals surface area (Å²) >= 11 is 0. The number of benzene rings is 1. The van der Waals surface area contributed by atoms with E-state index >= 15 is 0 Å². The van der Waals surface area contributed by atoms with Gasteiger partial charge in [-0.05, 0) is 30.4 Å². The van der Waals surface area contributed by atoms with Crippen LogP contribution in [-0.4, -0.2) is 22.4 Å². The minimum Gasteiger partial charge on any atom is -0.370 e. The molecule has 1 amide bonds. The Bertz CT molecular complexity index is 682. The molecule has 0 aliphatic rings. The van der Waals surface area contributed by atoms with Gasteiger partial charge in [0.1, 0.15) is 17.8 Å². The van der Waals surface area contributed by atoms with Crippen molar-refractivity contribution in [2.75, 3.05) is 17.2 Å². The molecule has 1 heterocycles. The number of para-hydroxylation sites is 1. The van der Waals surface area contributed by atoms with Gasteiger partial charge < -0.3 is 10.6 Å². The van der Waals surface area contributed by atoms with Crippen LogP contribution < -0.4 is 10.6 Å². The highest BCUT2D eigenvalue weighted by Crippen LogP contribution is 2.27. The fraction of sp³-hybridized carbons (Fsp3) is 0.389. The van der Waals surface area contributed by atoms with Crippen LogP contribution in [0.3, 0.4) is 0 Å². The molecule has 2 rings (SSSR count). The van der Waals surface area contributed by atoms with Gasteiger partial charge in [-0.15, -0.1) is 0 Å². The number of aromatic nitrogens is 2. The second-order valence-electron chi connectivity index (χ2n) is 5.86. The van der Waals surface area contributed by atoms with Gasteiger partial charge in [-0.25, -0.2) is 9.97 Å². The maximum atomic E-state index is 12.5. The molecule has 1 aromatic heterocycles. The molecule has 23 heavy (non-hydrogen) atoms. The van der Waals surface area contributed by atoms with Crippen LogP contribution in [-0.2, 0) is 0 Å². The van der Waals surface area contributed by atoms with Gasteiger partial charge in [-0.3, -0.25) is 4.79 Å². The van der Waals surface area contributed by atoms with E-state index in [1.54, 1.807) is 6.07 Å². The quantitative estimate of drug-likeness (QED) is 0.846. The molecule has 0 bridgehead atoms. The first-order chi connectivity index (χ1) is 11.0. The van der Waals surface area contributed by atoms with Crippen molar-refractivity contribution in [1.29, 1.82) is 0 Å². The Morgan fingerprint density at radius 1 is 1.26 bits per heavy atom. The van der Waals surface area contributed by atoms with Crippen molar-refractivity contribution >= 4 is 17.4 Å². The molecule has 0 aliphatic carbocycles. The summed E-state index contributed by atoms with van der Waals surface area (Å²) in [5, 5.41) is 6.17. The van der Waals surface area contributed by atoms with Crippen LogP contribution in [0.15, 0.2) is 30.6 Å². The monoisotopic (exact) mass is 312 g/mol. The van der Waals surface area contributed by atoms with E-state index in [1.807, 2.05) is 25.1 Å². The molecule has 0 saturated heterocycles. The molecular weight excluding hydrogens is 288 g/mol. The third-order valence-electron chi connectivity index (χ3n) is 3.62. The zero-order valence-electron chi connectivity index (χ0n) is 14.2. The lowest BCUT2D eigenvalue weighted by atomic mass is 9.98. The van der Waals surface area contributed by atoms with Crippen LogP contribution in [0.1, 0.15) is 54.7 Å². The van der Waals surface area contributed by atoms with Crippen molar-refractivity contribution in [3.63, 3.8) is 0 Å². The summed E-state index contributed by atoms with van der Waals surface area (Å²) in [6, 6.07) is 7.73. The lowest BCUT2D eigenvalue weighted by molar-refractivity contribution is 0.102. The van der Waals surface area contributed by atoms with Crippen molar-refractivity contribution in [3.05, 3.63) is 47.4 Å². The highest BCUT2D eigenvalue weighted by atomic mass is 16.1. The number of anilines is 2. The average molecular weight is 312 g/mol. The SMILES string of the molecule is CCCNc1cc(C(=O)Nc2c(C)cccc2C(C)C)ncn1. The van der Waals surface area contributed by atoms with Gasteiger partial charge in [-0.1, -0.05) is 39.0 Å². The third-order valence-corrected chi connectivity index (χ3v) is 3.62. The molecule has 0 aliphatic heterocycles. The van der Waals surface area contributed by atoms with E-state index in [1.165, 1.54) is 6.33 Å². The zero-order chi connectivity index (χ0) is 16.8. The lowest BCUT2D eigenvalue weighted by Crippen LogP contribution is -2.17. The van der Waals surface area contributed by atoms with Gasteiger partial charge in [0.2, 0.25) is 0 Å². The van der Waals surface area contributed by atoms with Crippen LogP contribution in [0.2, 0.25) is 0 Å². The van der Waals surface area contributed by atoms with E-state index in [4.69, 9.17) is 0 Å². The average Bonchev–Trinajstić information content (AvgIpc) is 2.54. The number of rotatable bonds is 6. The summed E-state index contributed by atoms with van der Waals surface area (Å²) in [6.07, 6.45) is 2.40. The molecular formula is C18H24N4O. The standard InChI is InChI=1S/C18H24N4O/c1-5-9-19-16-10-15(20-11-21-16)18(23)22-17-13(4)7-6-8-14(17)12(2)3/h6-8,10-12H,5,9H2,1-4H3,(H,22,23)(H,19,20,21). The smallest absolute Gasteiger partial charge is 0.274 e. The Labute approximate surface area is 137 Å². The normalized spacial score (nSPS) is 10.7. The summed E-state index contributed by atoms with van der Waals surface area (Å²) in [4.78, 5) is 20.8. The number of carbonyl (C=O) groups excluding carboxylic acids is 1. The Morgan fingerprint density at radius 2 is 2.04 bits per heavy atom. The maximum Gasteiger partial charge on any atom is 0.274 e. The summed E-state index contributed by atoms with van der Waals surface area (Å²) < 4.78 is 0. The Morgan fingerprint density at radius 3 is 2.74 bits per heavy atom. The first-order valence-corrected chi connectivity index (χ1v) is 7.99. The Kier molecular flexibility index (Phi) is 5.68. The van der Waals surface area contributed by atoms with Gasteiger partial charge >= 0.3 is 0 Å². The molecule has 0 radical (unpaired) electrons. The van der Waals surface area contributed by atoms with E-state index in [9.17, 15) is 4.79 Å². The lowest BCUT2D eigenvalue weighted by Gasteiger charge is -2.16. The predicted molar refractivity (Wildman–Crippen MR) is 94.0 cm³/mol. The topological polar surface area (TPSA) is 66.9 Å². The van der Waals surface area contributed by atoms with Gasteiger partial charge in [-0.2, -0.15) is 0 Å². The minimum absolute atomic E-state index is 0.219. The zero-order valence-corrected chi connectivity index (χ0v) is 14.2. The molecule has 0 spiro atoms. The number of hydrogen-bond donors (Lipinski definition) is 2. The van der Waals surface area contributed by atoms with Crippen molar-refractivity contribution in [1.82, 2.24) is 9.97 Å². The largest absolute Gasteiger partial charge is 0.370 e. The number of carbonyl (C=O) groups is 1. The van der Waals surface area contributed by atoms with Crippen molar-refractivity contribution in [2.24, 2.45) is 0 Å². The number of nitrogens with zero attached hydrogens (tertiary/aromatic N) is 2. The fourth-order valence-electron chi connectivity index (χ4n) is 2.35. The predicted octanol–water partition coefficient (Wildman–Crippen LogP) is 3.98. The number of nitrogens with one attached hydrogen (secondary N) is 2. The fourth-order valence-corrected chi connectivity index (χ4v) is 2.35. The van der Waals surface area contributed by atoms with E-state index < -0.39 is 0 Å². The first-order valence-electron chi connectivity index (χ1n) is 7.99. The maximum absolute atomic E-state index is 12.5. The molecule has 0 atom stereocenters.